The van der Waals surface area contributed by atoms with Crippen LogP contribution in [0.5, 0.6) is 0 Å². The lowest BCUT2D eigenvalue weighted by atomic mass is 9.85. The quantitative estimate of drug-likeness (QED) is 0.605. The van der Waals surface area contributed by atoms with Crippen molar-refractivity contribution in [3.8, 4) is 0 Å². The fourth-order valence-corrected chi connectivity index (χ4v) is 1.96. The Bertz CT molecular complexity index is 338. The zero-order chi connectivity index (χ0) is 10.7. The van der Waals surface area contributed by atoms with Gasteiger partial charge >= 0.3 is 0 Å². The van der Waals surface area contributed by atoms with Gasteiger partial charge in [-0.3, -0.25) is 0 Å². The van der Waals surface area contributed by atoms with Gasteiger partial charge in [0.1, 0.15) is 11.6 Å². The Kier molecular flexibility index (Phi) is 3.30. The Morgan fingerprint density at radius 1 is 1.53 bits per heavy atom. The van der Waals surface area contributed by atoms with Crippen molar-refractivity contribution in [1.82, 2.24) is 9.97 Å². The van der Waals surface area contributed by atoms with Gasteiger partial charge in [0.05, 0.1) is 0 Å². The predicted octanol–water partition coefficient (Wildman–Crippen LogP) is 1.99. The van der Waals surface area contributed by atoms with E-state index < -0.39 is 0 Å². The second-order valence-corrected chi connectivity index (χ2v) is 4.62. The van der Waals surface area contributed by atoms with Gasteiger partial charge in [-0.25, -0.2) is 9.97 Å². The molecule has 0 bridgehead atoms. The Balaban J connectivity index is 1.96. The summed E-state index contributed by atoms with van der Waals surface area (Å²) in [7, 11) is 0. The fraction of sp³-hybridized carbons (Fsp3) is 0.600. The minimum absolute atomic E-state index is 0.533. The SMILES string of the molecule is CSc1nc(N)cc(NCC2CCC2)n1. The van der Waals surface area contributed by atoms with Crippen LogP contribution >= 0.6 is 11.8 Å². The molecular formula is C10H16N4S. The van der Waals surface area contributed by atoms with Crippen molar-refractivity contribution in [3.05, 3.63) is 6.07 Å². The molecule has 1 aliphatic rings. The Hall–Kier alpha value is -0.970. The molecule has 1 heterocycles. The van der Waals surface area contributed by atoms with Crippen LogP contribution in [0.15, 0.2) is 11.2 Å². The monoisotopic (exact) mass is 224 g/mol. The van der Waals surface area contributed by atoms with Crippen LogP contribution in [0.2, 0.25) is 0 Å². The summed E-state index contributed by atoms with van der Waals surface area (Å²) in [5.74, 6) is 2.20. The van der Waals surface area contributed by atoms with Crippen LogP contribution in [0.1, 0.15) is 19.3 Å². The lowest BCUT2D eigenvalue weighted by Gasteiger charge is -2.25. The molecule has 1 saturated carbocycles. The minimum atomic E-state index is 0.533. The molecule has 2 rings (SSSR count). The topological polar surface area (TPSA) is 63.8 Å². The zero-order valence-corrected chi connectivity index (χ0v) is 9.68. The number of anilines is 2. The van der Waals surface area contributed by atoms with E-state index >= 15 is 0 Å². The van der Waals surface area contributed by atoms with Crippen LogP contribution in [-0.4, -0.2) is 22.8 Å². The number of hydrogen-bond donors (Lipinski definition) is 2. The number of nitrogens with zero attached hydrogens (tertiary/aromatic N) is 2. The molecule has 5 heteroatoms. The van der Waals surface area contributed by atoms with E-state index in [4.69, 9.17) is 5.73 Å². The normalized spacial score (nSPS) is 16.1. The summed E-state index contributed by atoms with van der Waals surface area (Å²) in [5.41, 5.74) is 5.68. The van der Waals surface area contributed by atoms with E-state index in [0.717, 1.165) is 23.4 Å². The fourth-order valence-electron chi connectivity index (χ4n) is 1.57. The number of nitrogen functional groups attached to an aromatic ring is 1. The molecule has 0 atom stereocenters. The maximum Gasteiger partial charge on any atom is 0.191 e. The summed E-state index contributed by atoms with van der Waals surface area (Å²) >= 11 is 1.51. The predicted molar refractivity (Wildman–Crippen MR) is 64.1 cm³/mol. The third kappa shape index (κ3) is 2.75. The van der Waals surface area contributed by atoms with Crippen molar-refractivity contribution in [3.63, 3.8) is 0 Å². The van der Waals surface area contributed by atoms with E-state index in [1.54, 1.807) is 6.07 Å². The largest absolute Gasteiger partial charge is 0.383 e. The van der Waals surface area contributed by atoms with Crippen molar-refractivity contribution in [2.45, 2.75) is 24.4 Å². The molecule has 1 aliphatic carbocycles. The van der Waals surface area contributed by atoms with Crippen molar-refractivity contribution in [2.75, 3.05) is 23.9 Å². The number of nitrogens with one attached hydrogen (secondary N) is 1. The van der Waals surface area contributed by atoms with Gasteiger partial charge in [-0.2, -0.15) is 0 Å². The van der Waals surface area contributed by atoms with Crippen LogP contribution < -0.4 is 11.1 Å². The van der Waals surface area contributed by atoms with Crippen molar-refractivity contribution in [2.24, 2.45) is 5.92 Å². The lowest BCUT2D eigenvalue weighted by molar-refractivity contribution is 0.333. The van der Waals surface area contributed by atoms with Crippen molar-refractivity contribution in [1.29, 1.82) is 0 Å². The van der Waals surface area contributed by atoms with Crippen LogP contribution in [0.25, 0.3) is 0 Å². The van der Waals surface area contributed by atoms with E-state index in [9.17, 15) is 0 Å². The van der Waals surface area contributed by atoms with E-state index in [-0.39, 0.29) is 0 Å². The number of rotatable bonds is 4. The van der Waals surface area contributed by atoms with Gasteiger partial charge in [-0.05, 0) is 25.0 Å². The number of nitrogens with two attached hydrogens (primary N) is 1. The third-order valence-corrected chi connectivity index (χ3v) is 3.25. The second kappa shape index (κ2) is 4.70. The molecule has 1 fully saturated rings. The molecule has 15 heavy (non-hydrogen) atoms. The smallest absolute Gasteiger partial charge is 0.191 e. The van der Waals surface area contributed by atoms with Gasteiger partial charge in [0, 0.05) is 12.6 Å². The molecule has 0 unspecified atom stereocenters. The van der Waals surface area contributed by atoms with Crippen LogP contribution in [0.3, 0.4) is 0 Å². The Labute approximate surface area is 94.1 Å². The first-order valence-corrected chi connectivity index (χ1v) is 6.43. The van der Waals surface area contributed by atoms with Gasteiger partial charge < -0.3 is 11.1 Å². The highest BCUT2D eigenvalue weighted by atomic mass is 32.2. The summed E-state index contributed by atoms with van der Waals surface area (Å²) in [5, 5.41) is 4.05. The van der Waals surface area contributed by atoms with Crippen LogP contribution in [0.4, 0.5) is 11.6 Å². The molecule has 0 spiro atoms. The number of aromatic nitrogens is 2. The zero-order valence-electron chi connectivity index (χ0n) is 8.86. The summed E-state index contributed by atoms with van der Waals surface area (Å²) in [4.78, 5) is 8.45. The molecular weight excluding hydrogens is 208 g/mol. The average molecular weight is 224 g/mol. The summed E-state index contributed by atoms with van der Waals surface area (Å²) in [6.07, 6.45) is 5.99. The van der Waals surface area contributed by atoms with Crippen LogP contribution in [0, 0.1) is 5.92 Å². The number of thioether (sulfide) groups is 1. The van der Waals surface area contributed by atoms with Gasteiger partial charge in [-0.1, -0.05) is 18.2 Å². The second-order valence-electron chi connectivity index (χ2n) is 3.84. The first-order valence-electron chi connectivity index (χ1n) is 5.20. The Morgan fingerprint density at radius 3 is 2.93 bits per heavy atom. The first kappa shape index (κ1) is 10.5. The highest BCUT2D eigenvalue weighted by Gasteiger charge is 2.16. The molecule has 4 nitrogen and oxygen atoms in total. The Morgan fingerprint density at radius 2 is 2.33 bits per heavy atom. The minimum Gasteiger partial charge on any atom is -0.383 e. The first-order chi connectivity index (χ1) is 7.28. The van der Waals surface area contributed by atoms with Gasteiger partial charge in [0.25, 0.3) is 0 Å². The highest BCUT2D eigenvalue weighted by Crippen LogP contribution is 2.26. The standard InChI is InChI=1S/C10H16N4S/c1-15-10-13-8(11)5-9(14-10)12-6-7-3-2-4-7/h5,7H,2-4,6H2,1H3,(H3,11,12,13,14). The summed E-state index contributed by atoms with van der Waals surface area (Å²) in [6.45, 7) is 1.00. The average Bonchev–Trinajstić information content (AvgIpc) is 2.14. The van der Waals surface area contributed by atoms with Crippen molar-refractivity contribution < 1.29 is 0 Å². The molecule has 1 aromatic rings. The molecule has 3 N–H and O–H groups in total. The lowest BCUT2D eigenvalue weighted by Crippen LogP contribution is -2.21. The van der Waals surface area contributed by atoms with Crippen molar-refractivity contribution >= 4 is 23.4 Å². The van der Waals surface area contributed by atoms with Crippen LogP contribution in [-0.2, 0) is 0 Å². The molecule has 82 valence electrons. The van der Waals surface area contributed by atoms with Gasteiger partial charge in [-0.15, -0.1) is 0 Å². The summed E-state index contributed by atoms with van der Waals surface area (Å²) in [6, 6.07) is 1.79. The maximum atomic E-state index is 5.68. The molecule has 0 amide bonds. The van der Waals surface area contributed by atoms with Gasteiger partial charge in [0.15, 0.2) is 5.16 Å². The molecule has 0 radical (unpaired) electrons. The molecule has 0 aromatic carbocycles. The molecule has 0 aliphatic heterocycles. The highest BCUT2D eigenvalue weighted by molar-refractivity contribution is 7.98. The van der Waals surface area contributed by atoms with E-state index in [2.05, 4.69) is 15.3 Å². The van der Waals surface area contributed by atoms with E-state index in [1.807, 2.05) is 6.26 Å². The maximum absolute atomic E-state index is 5.68. The van der Waals surface area contributed by atoms with E-state index in [0.29, 0.717) is 5.82 Å². The summed E-state index contributed by atoms with van der Waals surface area (Å²) < 4.78 is 0. The molecule has 0 saturated heterocycles. The number of hydrogen-bond acceptors (Lipinski definition) is 5. The molecule has 1 aromatic heterocycles. The van der Waals surface area contributed by atoms with E-state index in [1.165, 1.54) is 31.0 Å². The third-order valence-electron chi connectivity index (χ3n) is 2.70. The van der Waals surface area contributed by atoms with Gasteiger partial charge in [0.2, 0.25) is 0 Å².